The zero-order valence-corrected chi connectivity index (χ0v) is 17.0. The van der Waals surface area contributed by atoms with Gasteiger partial charge in [0.15, 0.2) is 11.5 Å². The maximum absolute atomic E-state index is 15.4. The van der Waals surface area contributed by atoms with Gasteiger partial charge in [0.05, 0.1) is 17.3 Å². The SMILES string of the molecule is CC(C)(O)c1nnc2ccc(-c3c(C4C=CC(F)=CC4(C)F)nc4n3CCC4)nn12. The van der Waals surface area contributed by atoms with E-state index in [4.69, 9.17) is 4.98 Å². The Morgan fingerprint density at radius 3 is 2.80 bits per heavy atom. The lowest BCUT2D eigenvalue weighted by Gasteiger charge is -2.27. The molecule has 3 aromatic heterocycles. The minimum atomic E-state index is -1.91. The lowest BCUT2D eigenvalue weighted by molar-refractivity contribution is 0.0665. The van der Waals surface area contributed by atoms with Crippen molar-refractivity contribution in [2.45, 2.75) is 57.3 Å². The molecule has 1 aliphatic heterocycles. The van der Waals surface area contributed by atoms with E-state index >= 15 is 4.39 Å². The third-order valence-electron chi connectivity index (χ3n) is 5.68. The van der Waals surface area contributed by atoms with Gasteiger partial charge >= 0.3 is 0 Å². The second kappa shape index (κ2) is 6.28. The lowest BCUT2D eigenvalue weighted by Crippen LogP contribution is -2.27. The number of imidazole rings is 1. The summed E-state index contributed by atoms with van der Waals surface area (Å²) in [5.74, 6) is -0.159. The van der Waals surface area contributed by atoms with Crippen LogP contribution < -0.4 is 0 Å². The molecule has 2 aliphatic rings. The molecule has 0 fully saturated rings. The molecule has 0 amide bonds. The van der Waals surface area contributed by atoms with Crippen molar-refractivity contribution >= 4 is 5.65 Å². The maximum Gasteiger partial charge on any atom is 0.185 e. The van der Waals surface area contributed by atoms with E-state index in [1.807, 2.05) is 0 Å². The smallest absolute Gasteiger partial charge is 0.185 e. The van der Waals surface area contributed by atoms with Crippen LogP contribution in [0.3, 0.4) is 0 Å². The van der Waals surface area contributed by atoms with Crippen molar-refractivity contribution in [2.75, 3.05) is 0 Å². The van der Waals surface area contributed by atoms with Crippen LogP contribution in [-0.2, 0) is 18.6 Å². The zero-order chi connectivity index (χ0) is 21.3. The van der Waals surface area contributed by atoms with E-state index in [-0.39, 0.29) is 0 Å². The third-order valence-corrected chi connectivity index (χ3v) is 5.68. The summed E-state index contributed by atoms with van der Waals surface area (Å²) in [5, 5.41) is 23.2. The number of allylic oxidation sites excluding steroid dienone is 4. The Morgan fingerprint density at radius 2 is 2.07 bits per heavy atom. The summed E-state index contributed by atoms with van der Waals surface area (Å²) >= 11 is 0. The van der Waals surface area contributed by atoms with Crippen LogP contribution in [0.4, 0.5) is 8.78 Å². The molecule has 0 saturated carbocycles. The van der Waals surface area contributed by atoms with Gasteiger partial charge in [0.1, 0.15) is 28.6 Å². The van der Waals surface area contributed by atoms with Crippen LogP contribution in [0.2, 0.25) is 0 Å². The Kier molecular flexibility index (Phi) is 3.99. The van der Waals surface area contributed by atoms with E-state index < -0.39 is 23.0 Å². The highest BCUT2D eigenvalue weighted by Gasteiger charge is 2.40. The largest absolute Gasteiger partial charge is 0.382 e. The summed E-state index contributed by atoms with van der Waals surface area (Å²) in [6.45, 7) is 5.34. The zero-order valence-electron chi connectivity index (χ0n) is 17.0. The number of aliphatic hydroxyl groups is 1. The molecule has 5 rings (SSSR count). The molecular formula is C21H22F2N6O. The second-order valence-electron chi connectivity index (χ2n) is 8.61. The number of alkyl halides is 1. The summed E-state index contributed by atoms with van der Waals surface area (Å²) < 4.78 is 32.6. The Balaban J connectivity index is 1.71. The predicted octanol–water partition coefficient (Wildman–Crippen LogP) is 3.40. The number of rotatable bonds is 3. The molecule has 0 radical (unpaired) electrons. The molecule has 156 valence electrons. The summed E-state index contributed by atoms with van der Waals surface area (Å²) in [7, 11) is 0. The van der Waals surface area contributed by atoms with Gasteiger partial charge in [-0.05, 0) is 51.5 Å². The fraction of sp³-hybridized carbons (Fsp3) is 0.429. The van der Waals surface area contributed by atoms with Crippen molar-refractivity contribution in [3.63, 3.8) is 0 Å². The normalized spacial score (nSPS) is 23.8. The summed E-state index contributed by atoms with van der Waals surface area (Å²) in [5.41, 5.74) is -0.853. The van der Waals surface area contributed by atoms with E-state index in [9.17, 15) is 9.50 Å². The molecule has 30 heavy (non-hydrogen) atoms. The minimum Gasteiger partial charge on any atom is -0.382 e. The Morgan fingerprint density at radius 1 is 1.27 bits per heavy atom. The molecule has 0 spiro atoms. The number of hydrogen-bond acceptors (Lipinski definition) is 5. The van der Waals surface area contributed by atoms with Crippen LogP contribution in [0.1, 0.15) is 50.5 Å². The first-order valence-electron chi connectivity index (χ1n) is 9.95. The molecule has 3 aromatic rings. The number of aromatic nitrogens is 6. The van der Waals surface area contributed by atoms with E-state index in [0.717, 1.165) is 31.3 Å². The van der Waals surface area contributed by atoms with Gasteiger partial charge in [-0.15, -0.1) is 10.2 Å². The van der Waals surface area contributed by atoms with Crippen molar-refractivity contribution in [3.8, 4) is 11.4 Å². The molecule has 7 nitrogen and oxygen atoms in total. The van der Waals surface area contributed by atoms with Gasteiger partial charge in [0, 0.05) is 13.0 Å². The maximum atomic E-state index is 15.4. The number of halogens is 2. The number of aryl methyl sites for hydroxylation is 1. The molecule has 2 atom stereocenters. The third kappa shape index (κ3) is 2.87. The highest BCUT2D eigenvalue weighted by molar-refractivity contribution is 5.63. The topological polar surface area (TPSA) is 81.1 Å². The van der Waals surface area contributed by atoms with E-state index in [0.29, 0.717) is 28.6 Å². The Hall–Kier alpha value is -2.94. The van der Waals surface area contributed by atoms with E-state index in [1.54, 1.807) is 26.0 Å². The molecule has 0 bridgehead atoms. The van der Waals surface area contributed by atoms with Gasteiger partial charge in [-0.3, -0.25) is 0 Å². The minimum absolute atomic E-state index is 0.306. The average molecular weight is 412 g/mol. The highest BCUT2D eigenvalue weighted by atomic mass is 19.1. The second-order valence-corrected chi connectivity index (χ2v) is 8.61. The average Bonchev–Trinajstić information content (AvgIpc) is 3.33. The molecule has 0 saturated heterocycles. The number of nitrogens with zero attached hydrogens (tertiary/aromatic N) is 6. The first-order chi connectivity index (χ1) is 14.1. The van der Waals surface area contributed by atoms with Crippen LogP contribution in [0.15, 0.2) is 36.2 Å². The number of hydrogen-bond donors (Lipinski definition) is 1. The van der Waals surface area contributed by atoms with Gasteiger partial charge in [0.2, 0.25) is 0 Å². The van der Waals surface area contributed by atoms with Gasteiger partial charge in [-0.25, -0.2) is 13.8 Å². The molecule has 1 N–H and O–H groups in total. The van der Waals surface area contributed by atoms with Crippen LogP contribution in [0.25, 0.3) is 17.0 Å². The monoisotopic (exact) mass is 412 g/mol. The van der Waals surface area contributed by atoms with Crippen LogP contribution >= 0.6 is 0 Å². The first kappa shape index (κ1) is 19.0. The molecule has 1 aliphatic carbocycles. The Bertz CT molecular complexity index is 1210. The highest BCUT2D eigenvalue weighted by Crippen LogP contribution is 2.43. The van der Waals surface area contributed by atoms with E-state index in [1.165, 1.54) is 23.6 Å². The van der Waals surface area contributed by atoms with Gasteiger partial charge in [0.25, 0.3) is 0 Å². The predicted molar refractivity (Wildman–Crippen MR) is 106 cm³/mol. The number of fused-ring (bicyclic) bond motifs is 2. The molecule has 4 heterocycles. The van der Waals surface area contributed by atoms with Crippen molar-refractivity contribution in [1.29, 1.82) is 0 Å². The molecule has 2 unspecified atom stereocenters. The summed E-state index contributed by atoms with van der Waals surface area (Å²) in [6, 6.07) is 3.55. The van der Waals surface area contributed by atoms with Gasteiger partial charge < -0.3 is 9.67 Å². The van der Waals surface area contributed by atoms with Gasteiger partial charge in [-0.1, -0.05) is 6.08 Å². The van der Waals surface area contributed by atoms with Crippen molar-refractivity contribution in [2.24, 2.45) is 0 Å². The van der Waals surface area contributed by atoms with Gasteiger partial charge in [-0.2, -0.15) is 9.61 Å². The molecular weight excluding hydrogens is 390 g/mol. The van der Waals surface area contributed by atoms with Crippen molar-refractivity contribution in [1.82, 2.24) is 29.4 Å². The Labute approximate surface area is 171 Å². The standard InChI is InChI=1S/C21H22F2N6O/c1-20(2,30)19-26-25-16-9-8-14(27-29(16)19)18-17(24-15-5-4-10-28(15)18)13-7-6-12(22)11-21(13,3)23/h6-9,11,13,30H,4-5,10H2,1-3H3. The first-order valence-corrected chi connectivity index (χ1v) is 9.95. The lowest BCUT2D eigenvalue weighted by atomic mass is 9.83. The fourth-order valence-electron chi connectivity index (χ4n) is 4.27. The van der Waals surface area contributed by atoms with Crippen molar-refractivity contribution < 1.29 is 13.9 Å². The fourth-order valence-corrected chi connectivity index (χ4v) is 4.27. The van der Waals surface area contributed by atoms with Crippen molar-refractivity contribution in [3.05, 3.63) is 53.5 Å². The van der Waals surface area contributed by atoms with Crippen LogP contribution in [0, 0.1) is 0 Å². The molecule has 0 aromatic carbocycles. The summed E-state index contributed by atoms with van der Waals surface area (Å²) in [4.78, 5) is 4.74. The molecule has 9 heteroatoms. The summed E-state index contributed by atoms with van der Waals surface area (Å²) in [6.07, 6.45) is 5.54. The van der Waals surface area contributed by atoms with Crippen LogP contribution in [0.5, 0.6) is 0 Å². The quantitative estimate of drug-likeness (QED) is 0.713. The van der Waals surface area contributed by atoms with E-state index in [2.05, 4.69) is 19.9 Å². The van der Waals surface area contributed by atoms with Crippen LogP contribution in [-0.4, -0.2) is 40.1 Å².